The van der Waals surface area contributed by atoms with Gasteiger partial charge in [-0.3, -0.25) is 0 Å². The Bertz CT molecular complexity index is 271. The normalized spacial score (nSPS) is 12.9. The summed E-state index contributed by atoms with van der Waals surface area (Å²) in [5.41, 5.74) is 0.975. The maximum Gasteiger partial charge on any atom is 0.0619 e. The largest absolute Gasteiger partial charge is 0.383 e. The zero-order valence-corrected chi connectivity index (χ0v) is 9.53. The third-order valence-electron chi connectivity index (χ3n) is 1.59. The fourth-order valence-electron chi connectivity index (χ4n) is 1.02. The molecule has 0 amide bonds. The van der Waals surface area contributed by atoms with Crippen molar-refractivity contribution >= 4 is 35.8 Å². The molecule has 0 saturated carbocycles. The second-order valence-electron chi connectivity index (χ2n) is 2.67. The van der Waals surface area contributed by atoms with Gasteiger partial charge in [-0.25, -0.2) is 0 Å². The van der Waals surface area contributed by atoms with Gasteiger partial charge >= 0.3 is 0 Å². The number of halogens is 2. The Balaban J connectivity index is 2.87. The highest BCUT2D eigenvalue weighted by atomic mass is 35.5. The van der Waals surface area contributed by atoms with Crippen molar-refractivity contribution in [3.8, 4) is 0 Å². The molecule has 1 rings (SSSR count). The van der Waals surface area contributed by atoms with E-state index in [4.69, 9.17) is 27.9 Å². The molecule has 0 heterocycles. The van der Waals surface area contributed by atoms with Crippen LogP contribution < -0.4 is 0 Å². The van der Waals surface area contributed by atoms with Gasteiger partial charge in [0, 0.05) is 17.2 Å². The van der Waals surface area contributed by atoms with E-state index in [0.717, 1.165) is 5.56 Å². The predicted molar refractivity (Wildman–Crippen MR) is 60.1 cm³/mol. The first-order chi connectivity index (χ1) is 6.13. The Morgan fingerprint density at radius 2 is 1.85 bits per heavy atom. The molecule has 1 atom stereocenters. The summed E-state index contributed by atoms with van der Waals surface area (Å²) in [4.78, 5) is 0. The fourth-order valence-corrected chi connectivity index (χ4v) is 1.86. The molecule has 4 heteroatoms. The number of hydrogen-bond donors (Lipinski definition) is 1. The van der Waals surface area contributed by atoms with Crippen LogP contribution in [0.4, 0.5) is 0 Å². The molecule has 0 aromatic heterocycles. The minimum Gasteiger partial charge on any atom is -0.383 e. The molecule has 0 bridgehead atoms. The van der Waals surface area contributed by atoms with E-state index in [1.165, 1.54) is 0 Å². The Morgan fingerprint density at radius 3 is 2.31 bits per heavy atom. The molecule has 0 unspecified atom stereocenters. The van der Waals surface area contributed by atoms with Crippen LogP contribution >= 0.6 is 35.8 Å². The van der Waals surface area contributed by atoms with E-state index in [2.05, 4.69) is 12.6 Å². The summed E-state index contributed by atoms with van der Waals surface area (Å²) in [6.45, 7) is 0.541. The lowest BCUT2D eigenvalue weighted by Gasteiger charge is -2.10. The van der Waals surface area contributed by atoms with Crippen molar-refractivity contribution in [2.75, 3.05) is 13.7 Å². The van der Waals surface area contributed by atoms with Crippen molar-refractivity contribution < 1.29 is 4.74 Å². The second kappa shape index (κ2) is 5.11. The highest BCUT2D eigenvalue weighted by Gasteiger charge is 2.07. The van der Waals surface area contributed by atoms with Gasteiger partial charge in [-0.2, -0.15) is 12.6 Å². The molecule has 0 radical (unpaired) electrons. The molecule has 0 fully saturated rings. The van der Waals surface area contributed by atoms with Gasteiger partial charge in [0.15, 0.2) is 0 Å². The minimum atomic E-state index is 0.0150. The number of hydrogen-bond acceptors (Lipinski definition) is 2. The lowest BCUT2D eigenvalue weighted by Crippen LogP contribution is -1.99. The van der Waals surface area contributed by atoms with Gasteiger partial charge in [0.2, 0.25) is 0 Å². The summed E-state index contributed by atoms with van der Waals surface area (Å²) in [6, 6.07) is 5.37. The quantitative estimate of drug-likeness (QED) is 0.790. The molecule has 0 saturated heterocycles. The van der Waals surface area contributed by atoms with Gasteiger partial charge in [0.05, 0.1) is 11.9 Å². The lowest BCUT2D eigenvalue weighted by atomic mass is 10.1. The van der Waals surface area contributed by atoms with E-state index in [-0.39, 0.29) is 5.25 Å². The number of methoxy groups -OCH3 is 1. The van der Waals surface area contributed by atoms with E-state index < -0.39 is 0 Å². The predicted octanol–water partition coefficient (Wildman–Crippen LogP) is 3.61. The van der Waals surface area contributed by atoms with E-state index in [9.17, 15) is 0 Å². The van der Waals surface area contributed by atoms with Gasteiger partial charge in [0.1, 0.15) is 0 Å². The van der Waals surface area contributed by atoms with Crippen LogP contribution in [0.15, 0.2) is 18.2 Å². The van der Waals surface area contributed by atoms with Crippen molar-refractivity contribution in [2.24, 2.45) is 0 Å². The summed E-state index contributed by atoms with van der Waals surface area (Å²) in [6.07, 6.45) is 0. The molecule has 0 aliphatic heterocycles. The summed E-state index contributed by atoms with van der Waals surface area (Å²) < 4.78 is 4.98. The van der Waals surface area contributed by atoms with Crippen LogP contribution in [0.5, 0.6) is 0 Å². The van der Waals surface area contributed by atoms with Crippen LogP contribution in [0.25, 0.3) is 0 Å². The highest BCUT2D eigenvalue weighted by molar-refractivity contribution is 7.80. The van der Waals surface area contributed by atoms with Gasteiger partial charge in [-0.05, 0) is 23.8 Å². The van der Waals surface area contributed by atoms with Gasteiger partial charge in [-0.1, -0.05) is 23.2 Å². The molecule has 72 valence electrons. The molecular weight excluding hydrogens is 227 g/mol. The van der Waals surface area contributed by atoms with Crippen LogP contribution in [0.2, 0.25) is 10.0 Å². The van der Waals surface area contributed by atoms with Gasteiger partial charge in [0.25, 0.3) is 0 Å². The molecule has 13 heavy (non-hydrogen) atoms. The monoisotopic (exact) mass is 236 g/mol. The van der Waals surface area contributed by atoms with Crippen molar-refractivity contribution in [3.63, 3.8) is 0 Å². The van der Waals surface area contributed by atoms with Crippen molar-refractivity contribution in [2.45, 2.75) is 5.25 Å². The molecule has 0 aliphatic rings. The molecule has 1 aromatic rings. The molecule has 1 nitrogen and oxygen atoms in total. The zero-order valence-electron chi connectivity index (χ0n) is 7.13. The summed E-state index contributed by atoms with van der Waals surface area (Å²) in [5, 5.41) is 1.26. The fraction of sp³-hybridized carbons (Fsp3) is 0.333. The summed E-state index contributed by atoms with van der Waals surface area (Å²) >= 11 is 16.0. The first-order valence-corrected chi connectivity index (χ1v) is 5.03. The minimum absolute atomic E-state index is 0.0150. The molecule has 0 N–H and O–H groups in total. The van der Waals surface area contributed by atoms with Crippen LogP contribution in [-0.4, -0.2) is 13.7 Å². The lowest BCUT2D eigenvalue weighted by molar-refractivity contribution is 0.200. The van der Waals surface area contributed by atoms with Crippen molar-refractivity contribution in [3.05, 3.63) is 33.8 Å². The number of rotatable bonds is 3. The number of benzene rings is 1. The van der Waals surface area contributed by atoms with Gasteiger partial charge in [-0.15, -0.1) is 0 Å². The zero-order chi connectivity index (χ0) is 9.84. The van der Waals surface area contributed by atoms with Crippen molar-refractivity contribution in [1.29, 1.82) is 0 Å². The second-order valence-corrected chi connectivity index (χ2v) is 4.17. The van der Waals surface area contributed by atoms with E-state index in [0.29, 0.717) is 16.7 Å². The number of thiol groups is 1. The maximum atomic E-state index is 5.84. The Morgan fingerprint density at radius 1 is 1.31 bits per heavy atom. The number of ether oxygens (including phenoxy) is 1. The Labute approximate surface area is 93.4 Å². The summed E-state index contributed by atoms with van der Waals surface area (Å²) in [7, 11) is 1.63. The van der Waals surface area contributed by atoms with Gasteiger partial charge < -0.3 is 4.74 Å². The third kappa shape index (κ3) is 3.39. The third-order valence-corrected chi connectivity index (χ3v) is 2.48. The maximum absolute atomic E-state index is 5.84. The molecule has 0 spiro atoms. The van der Waals surface area contributed by atoms with E-state index in [1.807, 2.05) is 12.1 Å². The van der Waals surface area contributed by atoms with E-state index >= 15 is 0 Å². The Hall–Kier alpha value is 0.110. The highest BCUT2D eigenvalue weighted by Crippen LogP contribution is 2.26. The first kappa shape index (κ1) is 11.2. The average molecular weight is 237 g/mol. The van der Waals surface area contributed by atoms with Crippen LogP contribution in [0, 0.1) is 0 Å². The van der Waals surface area contributed by atoms with Crippen LogP contribution in [0.3, 0.4) is 0 Å². The SMILES string of the molecule is COC[C@H](S)c1cc(Cl)cc(Cl)c1. The molecular formula is C9H10Cl2OS. The van der Waals surface area contributed by atoms with Crippen LogP contribution in [0.1, 0.15) is 10.8 Å². The standard InChI is InChI=1S/C9H10Cl2OS/c1-12-5-9(13)6-2-7(10)4-8(11)3-6/h2-4,9,13H,5H2,1H3/t9-/m0/s1. The summed E-state index contributed by atoms with van der Waals surface area (Å²) in [5.74, 6) is 0. The molecule has 0 aliphatic carbocycles. The average Bonchev–Trinajstić information content (AvgIpc) is 2.03. The van der Waals surface area contributed by atoms with Crippen LogP contribution in [-0.2, 0) is 4.74 Å². The smallest absolute Gasteiger partial charge is 0.0619 e. The Kier molecular flexibility index (Phi) is 4.39. The van der Waals surface area contributed by atoms with Crippen molar-refractivity contribution in [1.82, 2.24) is 0 Å². The topological polar surface area (TPSA) is 9.23 Å². The molecule has 1 aromatic carbocycles. The first-order valence-electron chi connectivity index (χ1n) is 3.76. The van der Waals surface area contributed by atoms with E-state index in [1.54, 1.807) is 13.2 Å².